The van der Waals surface area contributed by atoms with Crippen molar-refractivity contribution in [2.75, 3.05) is 20.3 Å². The number of rotatable bonds is 7. The maximum atomic E-state index is 13.8. The Kier molecular flexibility index (Phi) is 7.55. The quantitative estimate of drug-likeness (QED) is 0.416. The number of hydrogen-bond acceptors (Lipinski definition) is 6. The summed E-state index contributed by atoms with van der Waals surface area (Å²) in [4.78, 5) is 41.3. The van der Waals surface area contributed by atoms with Crippen LogP contribution in [0.15, 0.2) is 39.1 Å². The number of ether oxygens (including phenoxy) is 2. The molecule has 3 aliphatic rings. The molecule has 0 amide bonds. The van der Waals surface area contributed by atoms with E-state index in [0.717, 1.165) is 17.0 Å². The molecule has 0 fully saturated rings. The lowest BCUT2D eigenvalue weighted by Gasteiger charge is -2.49. The zero-order chi connectivity index (χ0) is 28.0. The fourth-order valence-electron chi connectivity index (χ4n) is 6.02. The lowest BCUT2D eigenvalue weighted by Crippen LogP contribution is -2.45. The molecule has 1 heterocycles. The molecule has 0 bridgehead atoms. The Labute approximate surface area is 232 Å². The average Bonchev–Trinajstić information content (AvgIpc) is 2.79. The maximum Gasteiger partial charge on any atom is 0.305 e. The third-order valence-electron chi connectivity index (χ3n) is 7.46. The van der Waals surface area contributed by atoms with E-state index in [1.54, 1.807) is 0 Å². The van der Waals surface area contributed by atoms with Crippen molar-refractivity contribution in [3.8, 4) is 23.8 Å². The Morgan fingerprint density at radius 1 is 1.08 bits per heavy atom. The predicted molar refractivity (Wildman–Crippen MR) is 147 cm³/mol. The van der Waals surface area contributed by atoms with Gasteiger partial charge in [-0.25, -0.2) is 0 Å². The number of halogens is 1. The van der Waals surface area contributed by atoms with E-state index in [2.05, 4.69) is 49.5 Å². The molecule has 1 N–H and O–H groups in total. The molecule has 1 aromatic carbocycles. The zero-order valence-corrected chi connectivity index (χ0v) is 24.2. The van der Waals surface area contributed by atoms with E-state index in [1.807, 2.05) is 17.0 Å². The van der Waals surface area contributed by atoms with Crippen molar-refractivity contribution in [1.29, 1.82) is 0 Å². The van der Waals surface area contributed by atoms with Gasteiger partial charge in [-0.1, -0.05) is 33.6 Å². The summed E-state index contributed by atoms with van der Waals surface area (Å²) in [5.74, 6) is 1.79. The van der Waals surface area contributed by atoms with Gasteiger partial charge in [0.1, 0.15) is 6.61 Å². The number of methoxy groups -OCH3 is 1. The molecule has 0 saturated heterocycles. The van der Waals surface area contributed by atoms with Crippen LogP contribution < -0.4 is 9.47 Å². The lowest BCUT2D eigenvalue weighted by molar-refractivity contribution is -0.137. The summed E-state index contributed by atoms with van der Waals surface area (Å²) >= 11 is 3.58. The summed E-state index contributed by atoms with van der Waals surface area (Å²) in [7, 11) is 1.53. The van der Waals surface area contributed by atoms with Gasteiger partial charge in [-0.15, -0.1) is 6.42 Å². The third kappa shape index (κ3) is 5.26. The summed E-state index contributed by atoms with van der Waals surface area (Å²) < 4.78 is 11.9. The van der Waals surface area contributed by atoms with Gasteiger partial charge in [-0.05, 0) is 57.3 Å². The molecule has 0 atom stereocenters. The van der Waals surface area contributed by atoms with Gasteiger partial charge in [0.05, 0.1) is 18.0 Å². The number of terminal acetylenes is 1. The summed E-state index contributed by atoms with van der Waals surface area (Å²) in [5, 5.41) is 9.52. The molecule has 7 nitrogen and oxygen atoms in total. The van der Waals surface area contributed by atoms with E-state index >= 15 is 0 Å². The molecule has 38 heavy (non-hydrogen) atoms. The molecule has 0 radical (unpaired) electrons. The second kappa shape index (κ2) is 10.3. The number of carbonyl (C=O) groups is 3. The van der Waals surface area contributed by atoms with Crippen LogP contribution in [0.1, 0.15) is 71.3 Å². The van der Waals surface area contributed by atoms with Crippen molar-refractivity contribution in [3.63, 3.8) is 0 Å². The molecule has 8 heteroatoms. The van der Waals surface area contributed by atoms with Gasteiger partial charge < -0.3 is 19.5 Å². The van der Waals surface area contributed by atoms with Crippen LogP contribution in [0.25, 0.3) is 0 Å². The highest BCUT2D eigenvalue weighted by atomic mass is 79.9. The highest BCUT2D eigenvalue weighted by Gasteiger charge is 2.49. The van der Waals surface area contributed by atoms with Crippen LogP contribution >= 0.6 is 15.9 Å². The topological polar surface area (TPSA) is 93.1 Å². The standard InChI is InChI=1S/C30H34BrNO6/c1-7-10-38-28-18(31)11-17(12-23(28)37-6)25-26-19(13-29(2,3)15-21(26)33)32(9-8-24(35)36)20-14-30(4,5)16-22(34)27(20)25/h1,11-12,25H,8-10,13-16H2,2-6H3,(H,35,36). The monoisotopic (exact) mass is 583 g/mol. The number of carboxylic acids is 1. The number of aliphatic carboxylic acids is 1. The Hall–Kier alpha value is -3.05. The summed E-state index contributed by atoms with van der Waals surface area (Å²) in [6, 6.07) is 3.67. The molecule has 0 spiro atoms. The fourth-order valence-corrected chi connectivity index (χ4v) is 6.59. The summed E-state index contributed by atoms with van der Waals surface area (Å²) in [6.07, 6.45) is 7.20. The highest BCUT2D eigenvalue weighted by Crippen LogP contribution is 2.55. The number of ketones is 2. The van der Waals surface area contributed by atoms with Crippen LogP contribution in [0.2, 0.25) is 0 Å². The number of carbonyl (C=O) groups excluding carboxylic acids is 2. The van der Waals surface area contributed by atoms with Crippen LogP contribution in [0.5, 0.6) is 11.5 Å². The van der Waals surface area contributed by atoms with Crippen molar-refractivity contribution in [1.82, 2.24) is 4.90 Å². The number of hydrogen-bond donors (Lipinski definition) is 1. The van der Waals surface area contributed by atoms with Crippen molar-refractivity contribution in [2.24, 2.45) is 10.8 Å². The van der Waals surface area contributed by atoms with Gasteiger partial charge >= 0.3 is 5.97 Å². The van der Waals surface area contributed by atoms with E-state index in [-0.39, 0.29) is 42.0 Å². The molecular formula is C30H34BrNO6. The number of benzene rings is 1. The zero-order valence-electron chi connectivity index (χ0n) is 22.6. The highest BCUT2D eigenvalue weighted by molar-refractivity contribution is 9.10. The van der Waals surface area contributed by atoms with E-state index < -0.39 is 11.9 Å². The Morgan fingerprint density at radius 2 is 1.63 bits per heavy atom. The second-order valence-corrected chi connectivity index (χ2v) is 12.7. The molecule has 202 valence electrons. The van der Waals surface area contributed by atoms with E-state index in [4.69, 9.17) is 15.9 Å². The first-order valence-electron chi connectivity index (χ1n) is 12.7. The third-order valence-corrected chi connectivity index (χ3v) is 8.05. The number of nitrogens with zero attached hydrogens (tertiary/aromatic N) is 1. The fraction of sp³-hybridized carbons (Fsp3) is 0.500. The van der Waals surface area contributed by atoms with Gasteiger partial charge in [0.15, 0.2) is 23.1 Å². The minimum Gasteiger partial charge on any atom is -0.493 e. The van der Waals surface area contributed by atoms with E-state index in [0.29, 0.717) is 52.8 Å². The first-order chi connectivity index (χ1) is 17.8. The van der Waals surface area contributed by atoms with Gasteiger partial charge in [-0.3, -0.25) is 14.4 Å². The van der Waals surface area contributed by atoms with Crippen LogP contribution in [0, 0.1) is 23.2 Å². The summed E-state index contributed by atoms with van der Waals surface area (Å²) in [6.45, 7) is 8.47. The number of Topliss-reactive ketones (excluding diaryl/α,β-unsaturated/α-hetero) is 2. The van der Waals surface area contributed by atoms with Crippen molar-refractivity contribution in [3.05, 3.63) is 44.7 Å². The first-order valence-corrected chi connectivity index (χ1v) is 13.5. The Bertz CT molecular complexity index is 1260. The molecule has 0 saturated carbocycles. The van der Waals surface area contributed by atoms with Crippen LogP contribution in [-0.2, 0) is 14.4 Å². The van der Waals surface area contributed by atoms with Crippen molar-refractivity contribution in [2.45, 2.75) is 65.7 Å². The Balaban J connectivity index is 1.99. The van der Waals surface area contributed by atoms with Crippen molar-refractivity contribution < 1.29 is 29.0 Å². The van der Waals surface area contributed by atoms with E-state index in [1.165, 1.54) is 7.11 Å². The molecule has 0 unspecified atom stereocenters. The minimum atomic E-state index is -0.921. The molecule has 4 rings (SSSR count). The average molecular weight is 585 g/mol. The molecule has 1 aliphatic heterocycles. The normalized spacial score (nSPS) is 20.6. The smallest absolute Gasteiger partial charge is 0.305 e. The SMILES string of the molecule is C#CCOc1c(Br)cc(C2C3=C(CC(C)(C)CC3=O)N(CCC(=O)O)C3=C2C(=O)CC(C)(C)C3)cc1OC. The molecule has 2 aliphatic carbocycles. The van der Waals surface area contributed by atoms with Gasteiger partial charge in [-0.2, -0.15) is 0 Å². The van der Waals surface area contributed by atoms with Crippen molar-refractivity contribution >= 4 is 33.5 Å². The predicted octanol–water partition coefficient (Wildman–Crippen LogP) is 5.63. The van der Waals surface area contributed by atoms with Gasteiger partial charge in [0.25, 0.3) is 0 Å². The van der Waals surface area contributed by atoms with Crippen LogP contribution in [-0.4, -0.2) is 47.8 Å². The van der Waals surface area contributed by atoms with Gasteiger partial charge in [0, 0.05) is 47.8 Å². The first kappa shape index (κ1) is 28.0. The summed E-state index contributed by atoms with van der Waals surface area (Å²) in [5.41, 5.74) is 2.95. The Morgan fingerprint density at radius 3 is 2.11 bits per heavy atom. The van der Waals surface area contributed by atoms with Gasteiger partial charge in [0.2, 0.25) is 0 Å². The maximum absolute atomic E-state index is 13.8. The van der Waals surface area contributed by atoms with Crippen LogP contribution in [0.4, 0.5) is 0 Å². The lowest BCUT2D eigenvalue weighted by atomic mass is 9.63. The number of allylic oxidation sites excluding steroid dienone is 4. The molecule has 0 aromatic heterocycles. The second-order valence-electron chi connectivity index (χ2n) is 11.9. The molecule has 1 aromatic rings. The van der Waals surface area contributed by atoms with E-state index in [9.17, 15) is 19.5 Å². The molecular weight excluding hydrogens is 550 g/mol. The van der Waals surface area contributed by atoms with Crippen LogP contribution in [0.3, 0.4) is 0 Å². The number of carboxylic acid groups (broad SMARTS) is 1. The minimum absolute atomic E-state index is 0.0199. The largest absolute Gasteiger partial charge is 0.493 e.